The van der Waals surface area contributed by atoms with Gasteiger partial charge in [-0.3, -0.25) is 4.98 Å². The highest BCUT2D eigenvalue weighted by Gasteiger charge is 2.31. The van der Waals surface area contributed by atoms with Gasteiger partial charge in [0.2, 0.25) is 0 Å². The maximum Gasteiger partial charge on any atom is 0.180 e. The molecular weight excluding hydrogens is 402 g/mol. The van der Waals surface area contributed by atoms with E-state index in [9.17, 15) is 13.5 Å². The van der Waals surface area contributed by atoms with Crippen molar-refractivity contribution in [1.82, 2.24) is 9.97 Å². The minimum atomic E-state index is -3.34. The van der Waals surface area contributed by atoms with E-state index in [2.05, 4.69) is 4.98 Å². The predicted octanol–water partition coefficient (Wildman–Crippen LogP) is 0.932. The first-order chi connectivity index (χ1) is 14.4. The lowest BCUT2D eigenvalue weighted by molar-refractivity contribution is 0.180. The molecule has 3 aromatic rings. The monoisotopic (exact) mass is 425 g/mol. The molecule has 1 aromatic carbocycles. The normalized spacial score (nSPS) is 23.4. The van der Waals surface area contributed by atoms with E-state index in [0.717, 1.165) is 22.2 Å². The Hall–Kier alpha value is -2.75. The zero-order chi connectivity index (χ0) is 20.9. The number of β-amino-alcohol motifs (C(OH)–C–C–N with tert-alkyl or cyclic N) is 1. The van der Waals surface area contributed by atoms with Gasteiger partial charge in [-0.1, -0.05) is 18.2 Å². The molecule has 9 heteroatoms. The topological polar surface area (TPSA) is 113 Å². The van der Waals surface area contributed by atoms with Crippen molar-refractivity contribution in [3.05, 3.63) is 54.4 Å². The molecule has 1 fully saturated rings. The average molecular weight is 426 g/mol. The lowest BCUT2D eigenvalue weighted by Gasteiger charge is -2.26. The Balaban J connectivity index is 1.60. The summed E-state index contributed by atoms with van der Waals surface area (Å²) in [4.78, 5) is 13.5. The van der Waals surface area contributed by atoms with Crippen LogP contribution in [0.25, 0.3) is 10.9 Å². The number of rotatable bonds is 2. The number of fused-ring (bicyclic) bond motifs is 2. The van der Waals surface area contributed by atoms with Crippen LogP contribution in [0, 0.1) is 0 Å². The molecule has 4 heterocycles. The smallest absolute Gasteiger partial charge is 0.180 e. The van der Waals surface area contributed by atoms with E-state index in [1.807, 2.05) is 34.1 Å². The van der Waals surface area contributed by atoms with Crippen molar-refractivity contribution in [3.63, 3.8) is 0 Å². The molecule has 2 aromatic heterocycles. The fourth-order valence-electron chi connectivity index (χ4n) is 4.23. The Labute approximate surface area is 174 Å². The molecule has 2 unspecified atom stereocenters. The number of benzene rings is 1. The fourth-order valence-corrected chi connectivity index (χ4v) is 5.73. The van der Waals surface area contributed by atoms with Gasteiger partial charge >= 0.3 is 0 Å². The molecule has 0 amide bonds. The molecule has 3 N–H and O–H groups in total. The number of hydrogen-bond acceptors (Lipinski definition) is 8. The number of aromatic nitrogens is 2. The van der Waals surface area contributed by atoms with Crippen molar-refractivity contribution in [2.75, 3.05) is 35.2 Å². The van der Waals surface area contributed by atoms with Gasteiger partial charge in [0.05, 0.1) is 28.0 Å². The maximum absolute atomic E-state index is 12.7. The molecule has 0 spiro atoms. The molecule has 2 atom stereocenters. The highest BCUT2D eigenvalue weighted by molar-refractivity contribution is 7.91. The van der Waals surface area contributed by atoms with Crippen LogP contribution in [0.3, 0.4) is 0 Å². The second-order valence-corrected chi connectivity index (χ2v) is 9.95. The van der Waals surface area contributed by atoms with Gasteiger partial charge in [-0.2, -0.15) is 0 Å². The van der Waals surface area contributed by atoms with E-state index in [4.69, 9.17) is 10.7 Å². The fraction of sp³-hybridized carbons (Fsp3) is 0.333. The largest absolute Gasteiger partial charge is 0.390 e. The van der Waals surface area contributed by atoms with E-state index in [-0.39, 0.29) is 11.8 Å². The zero-order valence-electron chi connectivity index (χ0n) is 16.3. The Morgan fingerprint density at radius 1 is 1.13 bits per heavy atom. The van der Waals surface area contributed by atoms with Crippen LogP contribution in [0.4, 0.5) is 11.5 Å². The summed E-state index contributed by atoms with van der Waals surface area (Å²) in [7, 11) is -3.34. The van der Waals surface area contributed by atoms with Crippen molar-refractivity contribution in [2.45, 2.75) is 23.6 Å². The van der Waals surface area contributed by atoms with E-state index in [0.29, 0.717) is 36.9 Å². The van der Waals surface area contributed by atoms with Crippen LogP contribution < -0.4 is 15.5 Å². The van der Waals surface area contributed by atoms with Crippen LogP contribution in [0.5, 0.6) is 0 Å². The summed E-state index contributed by atoms with van der Waals surface area (Å²) in [5.41, 5.74) is 8.47. The molecule has 0 radical (unpaired) electrons. The third-order valence-electron chi connectivity index (χ3n) is 5.87. The van der Waals surface area contributed by atoms with Crippen LogP contribution in [0.15, 0.2) is 53.7 Å². The second-order valence-electron chi connectivity index (χ2n) is 7.88. The van der Waals surface area contributed by atoms with Crippen molar-refractivity contribution < 1.29 is 13.5 Å². The number of anilines is 2. The van der Waals surface area contributed by atoms with Gasteiger partial charge in [0.1, 0.15) is 5.82 Å². The predicted molar refractivity (Wildman–Crippen MR) is 115 cm³/mol. The maximum atomic E-state index is 12.7. The molecule has 30 heavy (non-hydrogen) atoms. The van der Waals surface area contributed by atoms with E-state index in [1.165, 1.54) is 0 Å². The summed E-state index contributed by atoms with van der Waals surface area (Å²) in [6.45, 7) is 1.78. The summed E-state index contributed by atoms with van der Waals surface area (Å²) in [6, 6.07) is 10.6. The van der Waals surface area contributed by atoms with Crippen LogP contribution in [-0.4, -0.2) is 61.0 Å². The molecule has 0 bridgehead atoms. The number of nitrogens with zero attached hydrogens (tertiary/aromatic N) is 4. The van der Waals surface area contributed by atoms with Crippen molar-refractivity contribution >= 4 is 32.2 Å². The SMILES string of the molecule is NC1CN(c2cc(N3CCS(=O)(=O)c4ccccc4C3)nc3ccncc23)CC1O. The molecule has 8 nitrogen and oxygen atoms in total. The van der Waals surface area contributed by atoms with E-state index >= 15 is 0 Å². The first-order valence-electron chi connectivity index (χ1n) is 9.91. The van der Waals surface area contributed by atoms with Crippen LogP contribution in [0.2, 0.25) is 0 Å². The molecule has 5 rings (SSSR count). The first kappa shape index (κ1) is 19.2. The summed E-state index contributed by atoms with van der Waals surface area (Å²) in [5.74, 6) is 0.730. The highest BCUT2D eigenvalue weighted by atomic mass is 32.2. The standard InChI is InChI=1S/C21H23N5O3S/c22-16-12-26(13-19(16)27)18-9-21(24-17-5-6-23-10-15(17)18)25-7-8-30(28,29)20-4-2-1-3-14(20)11-25/h1-6,9-10,16,19,27H,7-8,11-13,22H2. The molecule has 1 saturated heterocycles. The van der Waals surface area contributed by atoms with Crippen molar-refractivity contribution in [2.24, 2.45) is 5.73 Å². The number of sulfone groups is 1. The zero-order valence-corrected chi connectivity index (χ0v) is 17.2. The first-order valence-corrected chi connectivity index (χ1v) is 11.6. The van der Waals surface area contributed by atoms with Gasteiger partial charge in [-0.15, -0.1) is 0 Å². The van der Waals surface area contributed by atoms with Gasteiger partial charge in [0.25, 0.3) is 0 Å². The van der Waals surface area contributed by atoms with Gasteiger partial charge < -0.3 is 20.6 Å². The number of nitrogens with two attached hydrogens (primary N) is 1. The van der Waals surface area contributed by atoms with Gasteiger partial charge in [0, 0.05) is 56.1 Å². The van der Waals surface area contributed by atoms with Gasteiger partial charge in [-0.05, 0) is 17.7 Å². The molecule has 0 aliphatic carbocycles. The number of hydrogen-bond donors (Lipinski definition) is 2. The number of aliphatic hydroxyl groups excluding tert-OH is 1. The van der Waals surface area contributed by atoms with Crippen LogP contribution in [0.1, 0.15) is 5.56 Å². The van der Waals surface area contributed by atoms with E-state index < -0.39 is 15.9 Å². The summed E-state index contributed by atoms with van der Waals surface area (Å²) in [5, 5.41) is 11.0. The van der Waals surface area contributed by atoms with Crippen LogP contribution >= 0.6 is 0 Å². The summed E-state index contributed by atoms with van der Waals surface area (Å²) in [6.07, 6.45) is 2.86. The molecular formula is C21H23N5O3S. The van der Waals surface area contributed by atoms with Gasteiger partial charge in [0.15, 0.2) is 9.84 Å². The highest BCUT2D eigenvalue weighted by Crippen LogP contribution is 2.33. The summed E-state index contributed by atoms with van der Waals surface area (Å²) >= 11 is 0. The summed E-state index contributed by atoms with van der Waals surface area (Å²) < 4.78 is 25.5. The molecule has 2 aliphatic rings. The Bertz CT molecular complexity index is 1210. The minimum Gasteiger partial charge on any atom is -0.390 e. The minimum absolute atomic E-state index is 0.0305. The van der Waals surface area contributed by atoms with Crippen LogP contribution in [-0.2, 0) is 16.4 Å². The molecule has 156 valence electrons. The number of aliphatic hydroxyl groups is 1. The van der Waals surface area contributed by atoms with Crippen molar-refractivity contribution in [1.29, 1.82) is 0 Å². The Morgan fingerprint density at radius 3 is 2.77 bits per heavy atom. The van der Waals surface area contributed by atoms with Gasteiger partial charge in [-0.25, -0.2) is 13.4 Å². The number of pyridine rings is 2. The second kappa shape index (κ2) is 7.19. The third-order valence-corrected chi connectivity index (χ3v) is 7.66. The Kier molecular flexibility index (Phi) is 4.61. The lowest BCUT2D eigenvalue weighted by atomic mass is 10.2. The molecule has 0 saturated carbocycles. The third kappa shape index (κ3) is 3.28. The molecule has 2 aliphatic heterocycles. The van der Waals surface area contributed by atoms with E-state index in [1.54, 1.807) is 24.5 Å². The quantitative estimate of drug-likeness (QED) is 0.624. The average Bonchev–Trinajstić information content (AvgIpc) is 3.01. The van der Waals surface area contributed by atoms with Crippen molar-refractivity contribution in [3.8, 4) is 0 Å². The Morgan fingerprint density at radius 2 is 1.97 bits per heavy atom. The lowest BCUT2D eigenvalue weighted by Crippen LogP contribution is -2.32.